The topological polar surface area (TPSA) is 197 Å². The van der Waals surface area contributed by atoms with E-state index in [4.69, 9.17) is 16.3 Å². The maximum Gasteiger partial charge on any atom is 0.293 e. The largest absolute Gasteiger partial charge is 0.478 e. The molecule has 0 saturated carbocycles. The molecule has 7 rings (SSSR count). The fourth-order valence-electron chi connectivity index (χ4n) is 6.97. The molecule has 1 unspecified atom stereocenters. The van der Waals surface area contributed by atoms with Crippen molar-refractivity contribution in [1.82, 2.24) is 35.4 Å². The normalized spacial score (nSPS) is 17.3. The van der Waals surface area contributed by atoms with Gasteiger partial charge in [0, 0.05) is 69.3 Å². The number of hydrogen-bond acceptors (Lipinski definition) is 11. The number of likely N-dealkylation sites (N-methyl/N-ethyl adjacent to an activating group) is 1. The van der Waals surface area contributed by atoms with Crippen molar-refractivity contribution in [3.63, 3.8) is 0 Å². The van der Waals surface area contributed by atoms with Crippen molar-refractivity contribution in [3.8, 4) is 5.75 Å². The molecule has 0 radical (unpaired) electrons. The van der Waals surface area contributed by atoms with Crippen molar-refractivity contribution < 1.29 is 28.7 Å². The van der Waals surface area contributed by atoms with Crippen LogP contribution in [0.15, 0.2) is 53.5 Å². The SMILES string of the molecule is CNC(=O)COc1cc2cc(Nc3nc(N4CCC(C(=O)NCc5ccc6c(c5)C(=O)N(C5CCC(=O)NC5=O)C6)CC4)ncc3Cl)ccc2n(C)c1=O. The van der Waals surface area contributed by atoms with Crippen molar-refractivity contribution in [2.45, 2.75) is 44.8 Å². The summed E-state index contributed by atoms with van der Waals surface area (Å²) in [7, 11) is 3.12. The number of amides is 5. The van der Waals surface area contributed by atoms with Crippen LogP contribution < -0.4 is 36.5 Å². The number of imide groups is 1. The molecule has 2 saturated heterocycles. The molecule has 3 aliphatic rings. The number of hydrogen-bond donors (Lipinski definition) is 4. The van der Waals surface area contributed by atoms with Crippen molar-refractivity contribution in [1.29, 1.82) is 0 Å². The summed E-state index contributed by atoms with van der Waals surface area (Å²) < 4.78 is 6.92. The summed E-state index contributed by atoms with van der Waals surface area (Å²) in [5.41, 5.74) is 3.04. The Morgan fingerprint density at radius 1 is 1.04 bits per heavy atom. The quantitative estimate of drug-likeness (QED) is 0.173. The molecule has 280 valence electrons. The standard InChI is InChI=1S/C37H38ClN9O7/c1-39-31(49)19-54-29-15-23-14-24(5-6-27(23)45(2)36(29)53)42-32-26(38)17-41-37(44-32)46-11-9-21(10-12-46)33(50)40-16-20-3-4-22-18-47(35(52)25(22)13-20)28-7-8-30(48)43-34(28)51/h3-6,13-15,17,21,28H,7-12,16,18-19H2,1-2H3,(H,39,49)(H,40,50)(H,41,42,44)(H,43,48,51). The molecule has 0 spiro atoms. The van der Waals surface area contributed by atoms with E-state index in [-0.39, 0.29) is 60.4 Å². The Hall–Kier alpha value is -6.03. The lowest BCUT2D eigenvalue weighted by Crippen LogP contribution is -2.52. The van der Waals surface area contributed by atoms with Gasteiger partial charge >= 0.3 is 0 Å². The number of benzene rings is 2. The van der Waals surface area contributed by atoms with Gasteiger partial charge in [-0.25, -0.2) is 4.98 Å². The Morgan fingerprint density at radius 2 is 1.83 bits per heavy atom. The van der Waals surface area contributed by atoms with Gasteiger partial charge in [0.25, 0.3) is 17.4 Å². The van der Waals surface area contributed by atoms with Crippen LogP contribution in [0.25, 0.3) is 10.9 Å². The molecule has 4 aromatic rings. The Balaban J connectivity index is 0.944. The van der Waals surface area contributed by atoms with Gasteiger partial charge < -0.3 is 35.1 Å². The number of nitrogens with zero attached hydrogens (tertiary/aromatic N) is 5. The zero-order valence-corrected chi connectivity index (χ0v) is 30.4. The van der Waals surface area contributed by atoms with Gasteiger partial charge in [-0.15, -0.1) is 0 Å². The molecule has 3 aliphatic heterocycles. The number of pyridine rings is 1. The molecule has 54 heavy (non-hydrogen) atoms. The molecular formula is C37H38ClN9O7. The van der Waals surface area contributed by atoms with E-state index in [1.165, 1.54) is 22.7 Å². The van der Waals surface area contributed by atoms with Crippen molar-refractivity contribution in [2.75, 3.05) is 37.0 Å². The highest BCUT2D eigenvalue weighted by atomic mass is 35.5. The van der Waals surface area contributed by atoms with Crippen LogP contribution in [0.3, 0.4) is 0 Å². The summed E-state index contributed by atoms with van der Waals surface area (Å²) in [5.74, 6) is -0.806. The lowest BCUT2D eigenvalue weighted by molar-refractivity contribution is -0.137. The minimum Gasteiger partial charge on any atom is -0.478 e. The number of fused-ring (bicyclic) bond motifs is 2. The maximum absolute atomic E-state index is 13.2. The van der Waals surface area contributed by atoms with Crippen LogP contribution >= 0.6 is 11.6 Å². The molecule has 2 aromatic heterocycles. The summed E-state index contributed by atoms with van der Waals surface area (Å²) in [6.45, 7) is 1.36. The predicted octanol–water partition coefficient (Wildman–Crippen LogP) is 2.14. The Bertz CT molecular complexity index is 2250. The van der Waals surface area contributed by atoms with Gasteiger partial charge in [-0.1, -0.05) is 23.7 Å². The Labute approximate surface area is 314 Å². The van der Waals surface area contributed by atoms with Crippen LogP contribution in [0.4, 0.5) is 17.5 Å². The second-order valence-corrected chi connectivity index (χ2v) is 13.9. The summed E-state index contributed by atoms with van der Waals surface area (Å²) in [5, 5.41) is 12.0. The van der Waals surface area contributed by atoms with Crippen LogP contribution in [0.1, 0.15) is 47.2 Å². The number of piperidine rings is 2. The number of nitrogens with one attached hydrogen (secondary N) is 4. The molecule has 16 nitrogen and oxygen atoms in total. The molecular weight excluding hydrogens is 718 g/mol. The van der Waals surface area contributed by atoms with E-state index in [1.807, 2.05) is 23.1 Å². The molecule has 0 aliphatic carbocycles. The summed E-state index contributed by atoms with van der Waals surface area (Å²) >= 11 is 6.49. The predicted molar refractivity (Wildman–Crippen MR) is 198 cm³/mol. The van der Waals surface area contributed by atoms with E-state index >= 15 is 0 Å². The average molecular weight is 756 g/mol. The first-order chi connectivity index (χ1) is 26.0. The van der Waals surface area contributed by atoms with E-state index < -0.39 is 11.9 Å². The van der Waals surface area contributed by atoms with E-state index in [0.29, 0.717) is 77.8 Å². The fraction of sp³-hybridized carbons (Fsp3) is 0.351. The van der Waals surface area contributed by atoms with Gasteiger partial charge in [0.2, 0.25) is 23.7 Å². The Kier molecular flexibility index (Phi) is 10.2. The number of halogens is 1. The summed E-state index contributed by atoms with van der Waals surface area (Å²) in [6, 6.07) is 11.8. The van der Waals surface area contributed by atoms with Gasteiger partial charge in [-0.3, -0.25) is 34.1 Å². The number of aryl methyl sites for hydroxylation is 1. The number of carbonyl (C=O) groups excluding carboxylic acids is 5. The van der Waals surface area contributed by atoms with E-state index in [1.54, 1.807) is 31.3 Å². The van der Waals surface area contributed by atoms with Gasteiger partial charge in [0.05, 0.1) is 11.7 Å². The number of anilines is 3. The number of aromatic nitrogens is 3. The molecule has 4 N–H and O–H groups in total. The van der Waals surface area contributed by atoms with Crippen LogP contribution in [-0.4, -0.2) is 81.8 Å². The van der Waals surface area contributed by atoms with Gasteiger partial charge in [0.15, 0.2) is 18.2 Å². The summed E-state index contributed by atoms with van der Waals surface area (Å²) in [6.07, 6.45) is 3.17. The molecule has 2 aromatic carbocycles. The van der Waals surface area contributed by atoms with Crippen molar-refractivity contribution >= 4 is 69.5 Å². The van der Waals surface area contributed by atoms with Crippen molar-refractivity contribution in [2.24, 2.45) is 13.0 Å². The number of rotatable bonds is 10. The fourth-order valence-corrected chi connectivity index (χ4v) is 7.11. The van der Waals surface area contributed by atoms with Gasteiger partial charge in [0.1, 0.15) is 11.1 Å². The lowest BCUT2D eigenvalue weighted by Gasteiger charge is -2.31. The lowest BCUT2D eigenvalue weighted by atomic mass is 9.96. The third kappa shape index (κ3) is 7.42. The summed E-state index contributed by atoms with van der Waals surface area (Å²) in [4.78, 5) is 87.3. The molecule has 17 heteroatoms. The van der Waals surface area contributed by atoms with Crippen LogP contribution in [0.2, 0.25) is 5.02 Å². The highest BCUT2D eigenvalue weighted by Crippen LogP contribution is 2.30. The monoisotopic (exact) mass is 755 g/mol. The maximum atomic E-state index is 13.2. The second-order valence-electron chi connectivity index (χ2n) is 13.5. The highest BCUT2D eigenvalue weighted by Gasteiger charge is 2.39. The third-order valence-corrected chi connectivity index (χ3v) is 10.3. The van der Waals surface area contributed by atoms with Crippen LogP contribution in [0.5, 0.6) is 5.75 Å². The van der Waals surface area contributed by atoms with Gasteiger partial charge in [-0.05, 0) is 60.7 Å². The first-order valence-electron chi connectivity index (χ1n) is 17.5. The number of ether oxygens (including phenoxy) is 1. The minimum absolute atomic E-state index is 0.0463. The van der Waals surface area contributed by atoms with E-state index in [2.05, 4.69) is 31.2 Å². The first kappa shape index (κ1) is 36.3. The molecule has 1 atom stereocenters. The molecule has 5 amide bonds. The first-order valence-corrected chi connectivity index (χ1v) is 17.9. The van der Waals surface area contributed by atoms with E-state index in [0.717, 1.165) is 11.1 Å². The second kappa shape index (κ2) is 15.1. The van der Waals surface area contributed by atoms with Crippen LogP contribution in [0, 0.1) is 5.92 Å². The zero-order valence-electron chi connectivity index (χ0n) is 29.6. The molecule has 2 fully saturated rings. The molecule has 5 heterocycles. The van der Waals surface area contributed by atoms with Crippen molar-refractivity contribution in [3.05, 3.63) is 80.7 Å². The third-order valence-electron chi connectivity index (χ3n) is 10.0. The minimum atomic E-state index is -0.681. The smallest absolute Gasteiger partial charge is 0.293 e. The van der Waals surface area contributed by atoms with Gasteiger partial charge in [-0.2, -0.15) is 4.98 Å². The Morgan fingerprint density at radius 3 is 2.59 bits per heavy atom. The van der Waals surface area contributed by atoms with Crippen LogP contribution in [-0.2, 0) is 39.3 Å². The van der Waals surface area contributed by atoms with E-state index in [9.17, 15) is 28.8 Å². The molecule has 0 bridgehead atoms. The zero-order chi connectivity index (χ0) is 38.1. The number of carbonyl (C=O) groups is 5. The highest BCUT2D eigenvalue weighted by molar-refractivity contribution is 6.33. The average Bonchev–Trinajstić information content (AvgIpc) is 3.50.